The maximum atomic E-state index is 13.1. The number of hydrogen-bond donors (Lipinski definition) is 1. The fraction of sp³-hybridized carbons (Fsp3) is 1.00. The molecule has 1 N–H and O–H groups in total. The Hall–Kier alpha value is -0.260. The summed E-state index contributed by atoms with van der Waals surface area (Å²) in [5.41, 5.74) is 0. The van der Waals surface area contributed by atoms with Gasteiger partial charge in [0.15, 0.2) is 5.79 Å². The smallest absolute Gasteiger partial charge is 0.248 e. The van der Waals surface area contributed by atoms with E-state index in [2.05, 4.69) is 0 Å². The van der Waals surface area contributed by atoms with E-state index in [0.717, 1.165) is 0 Å². The van der Waals surface area contributed by atoms with E-state index in [1.807, 2.05) is 0 Å². The van der Waals surface area contributed by atoms with Gasteiger partial charge in [-0.25, -0.2) is 8.78 Å². The predicted octanol–water partition coefficient (Wildman–Crippen LogP) is 1.16. The summed E-state index contributed by atoms with van der Waals surface area (Å²) in [5, 5.41) is 9.06. The van der Waals surface area contributed by atoms with Gasteiger partial charge in [-0.2, -0.15) is 0 Å². The lowest BCUT2D eigenvalue weighted by molar-refractivity contribution is -0.251. The van der Waals surface area contributed by atoms with Gasteiger partial charge in [0.2, 0.25) is 5.92 Å². The third-order valence-corrected chi connectivity index (χ3v) is 3.00. The molecule has 3 nitrogen and oxygen atoms in total. The van der Waals surface area contributed by atoms with Crippen LogP contribution in [0.5, 0.6) is 0 Å². The van der Waals surface area contributed by atoms with Crippen LogP contribution in [-0.4, -0.2) is 36.6 Å². The molecule has 1 aliphatic carbocycles. The summed E-state index contributed by atoms with van der Waals surface area (Å²) in [6, 6.07) is 0. The van der Waals surface area contributed by atoms with Gasteiger partial charge in [0.05, 0.1) is 19.8 Å². The maximum Gasteiger partial charge on any atom is 0.248 e. The van der Waals surface area contributed by atoms with Crippen molar-refractivity contribution in [3.63, 3.8) is 0 Å². The number of halogens is 2. The zero-order valence-corrected chi connectivity index (χ0v) is 7.84. The van der Waals surface area contributed by atoms with Gasteiger partial charge in [-0.05, 0) is 0 Å². The molecule has 0 bridgehead atoms. The highest BCUT2D eigenvalue weighted by molar-refractivity contribution is 4.92. The topological polar surface area (TPSA) is 38.7 Å². The molecule has 1 atom stereocenters. The van der Waals surface area contributed by atoms with Crippen LogP contribution in [-0.2, 0) is 9.47 Å². The number of alkyl halides is 2. The third kappa shape index (κ3) is 1.64. The number of rotatable bonds is 1. The molecule has 14 heavy (non-hydrogen) atoms. The van der Waals surface area contributed by atoms with Crippen LogP contribution >= 0.6 is 0 Å². The Morgan fingerprint density at radius 1 is 1.21 bits per heavy atom. The van der Waals surface area contributed by atoms with Crippen molar-refractivity contribution in [2.75, 3.05) is 19.8 Å². The molecule has 0 aromatic carbocycles. The van der Waals surface area contributed by atoms with Crippen LogP contribution in [0, 0.1) is 5.92 Å². The van der Waals surface area contributed by atoms with E-state index in [1.165, 1.54) is 0 Å². The number of ether oxygens (including phenoxy) is 2. The van der Waals surface area contributed by atoms with E-state index < -0.39 is 17.6 Å². The molecule has 1 saturated carbocycles. The van der Waals surface area contributed by atoms with Crippen molar-refractivity contribution in [3.05, 3.63) is 0 Å². The van der Waals surface area contributed by atoms with Crippen LogP contribution in [0.3, 0.4) is 0 Å². The van der Waals surface area contributed by atoms with E-state index >= 15 is 0 Å². The molecule has 5 heteroatoms. The van der Waals surface area contributed by atoms with Crippen molar-refractivity contribution in [1.29, 1.82) is 0 Å². The van der Waals surface area contributed by atoms with E-state index in [0.29, 0.717) is 13.2 Å². The van der Waals surface area contributed by atoms with Gasteiger partial charge in [-0.3, -0.25) is 0 Å². The van der Waals surface area contributed by atoms with Crippen molar-refractivity contribution < 1.29 is 23.4 Å². The van der Waals surface area contributed by atoms with Crippen LogP contribution in [0.15, 0.2) is 0 Å². The second-order valence-corrected chi connectivity index (χ2v) is 3.95. The first-order chi connectivity index (χ1) is 6.58. The molecular formula is C9H14F2O3. The normalized spacial score (nSPS) is 34.9. The summed E-state index contributed by atoms with van der Waals surface area (Å²) in [5.74, 6) is -4.22. The number of hydrogen-bond acceptors (Lipinski definition) is 3. The average molecular weight is 208 g/mol. The Kier molecular flexibility index (Phi) is 2.49. The van der Waals surface area contributed by atoms with Crippen molar-refractivity contribution in [2.24, 2.45) is 5.92 Å². The zero-order valence-electron chi connectivity index (χ0n) is 7.84. The standard InChI is InChI=1S/C9H14F2O3/c10-8(11)1-2-9(7(5-8)6-12)13-3-4-14-9/h7,12H,1-6H2. The Bertz CT molecular complexity index is 214. The minimum atomic E-state index is -2.69. The molecule has 1 spiro atoms. The Morgan fingerprint density at radius 2 is 1.86 bits per heavy atom. The van der Waals surface area contributed by atoms with Gasteiger partial charge in [0, 0.05) is 25.2 Å². The van der Waals surface area contributed by atoms with E-state index in [4.69, 9.17) is 14.6 Å². The summed E-state index contributed by atoms with van der Waals surface area (Å²) in [6.45, 7) is 0.555. The van der Waals surface area contributed by atoms with E-state index in [1.54, 1.807) is 0 Å². The summed E-state index contributed by atoms with van der Waals surface area (Å²) >= 11 is 0. The molecule has 0 amide bonds. The monoisotopic (exact) mass is 208 g/mol. The van der Waals surface area contributed by atoms with Crippen molar-refractivity contribution in [1.82, 2.24) is 0 Å². The SMILES string of the molecule is OCC1CC(F)(F)CCC12OCCO2. The second kappa shape index (κ2) is 3.40. The summed E-state index contributed by atoms with van der Waals surface area (Å²) in [6.07, 6.45) is -0.391. The average Bonchev–Trinajstić information content (AvgIpc) is 2.60. The Labute approximate surface area is 81.0 Å². The molecule has 82 valence electrons. The van der Waals surface area contributed by atoms with Crippen LogP contribution < -0.4 is 0 Å². The molecule has 2 fully saturated rings. The lowest BCUT2D eigenvalue weighted by Gasteiger charge is -2.41. The fourth-order valence-electron chi connectivity index (χ4n) is 2.23. The highest BCUT2D eigenvalue weighted by atomic mass is 19.3. The first-order valence-electron chi connectivity index (χ1n) is 4.85. The van der Waals surface area contributed by atoms with Gasteiger partial charge >= 0.3 is 0 Å². The minimum absolute atomic E-state index is 0.172. The quantitative estimate of drug-likeness (QED) is 0.702. The van der Waals surface area contributed by atoms with E-state index in [-0.39, 0.29) is 25.9 Å². The molecule has 1 unspecified atom stereocenters. The molecular weight excluding hydrogens is 194 g/mol. The largest absolute Gasteiger partial charge is 0.396 e. The molecule has 2 aliphatic rings. The molecule has 1 saturated heterocycles. The first kappa shape index (κ1) is 10.3. The maximum absolute atomic E-state index is 13.1. The minimum Gasteiger partial charge on any atom is -0.396 e. The highest BCUT2D eigenvalue weighted by Crippen LogP contribution is 2.46. The third-order valence-electron chi connectivity index (χ3n) is 3.00. The van der Waals surface area contributed by atoms with Gasteiger partial charge in [0.1, 0.15) is 0 Å². The predicted molar refractivity (Wildman–Crippen MR) is 44.0 cm³/mol. The van der Waals surface area contributed by atoms with Gasteiger partial charge < -0.3 is 14.6 Å². The lowest BCUT2D eigenvalue weighted by atomic mass is 9.81. The molecule has 1 aliphatic heterocycles. The van der Waals surface area contributed by atoms with Gasteiger partial charge in [0.25, 0.3) is 0 Å². The van der Waals surface area contributed by atoms with Crippen molar-refractivity contribution >= 4 is 0 Å². The summed E-state index contributed by atoms with van der Waals surface area (Å²) in [7, 11) is 0. The van der Waals surface area contributed by atoms with Crippen LogP contribution in [0.1, 0.15) is 19.3 Å². The van der Waals surface area contributed by atoms with Crippen LogP contribution in [0.25, 0.3) is 0 Å². The molecule has 0 aromatic heterocycles. The molecule has 0 radical (unpaired) electrons. The van der Waals surface area contributed by atoms with E-state index in [9.17, 15) is 8.78 Å². The van der Waals surface area contributed by atoms with Crippen molar-refractivity contribution in [3.8, 4) is 0 Å². The number of aliphatic hydroxyl groups excluding tert-OH is 1. The highest BCUT2D eigenvalue weighted by Gasteiger charge is 2.53. The first-order valence-corrected chi connectivity index (χ1v) is 4.85. The summed E-state index contributed by atoms with van der Waals surface area (Å²) < 4.78 is 36.8. The zero-order chi connectivity index (χ0) is 10.2. The van der Waals surface area contributed by atoms with Crippen LogP contribution in [0.2, 0.25) is 0 Å². The summed E-state index contributed by atoms with van der Waals surface area (Å²) in [4.78, 5) is 0. The number of aliphatic hydroxyl groups is 1. The fourth-order valence-corrected chi connectivity index (χ4v) is 2.23. The lowest BCUT2D eigenvalue weighted by Crippen LogP contribution is -2.49. The Balaban J connectivity index is 2.12. The van der Waals surface area contributed by atoms with Gasteiger partial charge in [-0.1, -0.05) is 0 Å². The van der Waals surface area contributed by atoms with Crippen LogP contribution in [0.4, 0.5) is 8.78 Å². The molecule has 0 aromatic rings. The van der Waals surface area contributed by atoms with Crippen molar-refractivity contribution in [2.45, 2.75) is 31.0 Å². The second-order valence-electron chi connectivity index (χ2n) is 3.95. The molecule has 2 rings (SSSR count). The van der Waals surface area contributed by atoms with Gasteiger partial charge in [-0.15, -0.1) is 0 Å². The molecule has 1 heterocycles. The Morgan fingerprint density at radius 3 is 2.43 bits per heavy atom.